The number of rotatable bonds is 14. The molecule has 1 aliphatic carbocycles. The SMILES string of the molecule is CCC(C)CCN[C@H](CC)C(=O)N(Cc1ccc2c(C)cn(CCCOC)c2c1)C1CC1. The molecule has 0 saturated heterocycles. The molecule has 3 rings (SSSR count). The average Bonchev–Trinajstić information content (AvgIpc) is 3.59. The van der Waals surface area contributed by atoms with Crippen LogP contribution in [0.4, 0.5) is 0 Å². The second kappa shape index (κ2) is 11.9. The van der Waals surface area contributed by atoms with Crippen molar-refractivity contribution in [3.8, 4) is 0 Å². The number of methoxy groups -OCH3 is 1. The third kappa shape index (κ3) is 6.35. The van der Waals surface area contributed by atoms with E-state index in [0.29, 0.717) is 18.5 Å². The highest BCUT2D eigenvalue weighted by molar-refractivity contribution is 5.85. The van der Waals surface area contributed by atoms with Crippen LogP contribution in [-0.4, -0.2) is 47.7 Å². The Labute approximate surface area is 194 Å². The van der Waals surface area contributed by atoms with Crippen LogP contribution in [0.25, 0.3) is 10.9 Å². The quantitative estimate of drug-likeness (QED) is 0.406. The lowest BCUT2D eigenvalue weighted by Gasteiger charge is -2.28. The first-order chi connectivity index (χ1) is 15.5. The molecule has 1 aromatic carbocycles. The van der Waals surface area contributed by atoms with Gasteiger partial charge in [-0.15, -0.1) is 0 Å². The number of aryl methyl sites for hydroxylation is 2. The minimum atomic E-state index is -0.0801. The van der Waals surface area contributed by atoms with Gasteiger partial charge in [0.05, 0.1) is 6.04 Å². The monoisotopic (exact) mass is 441 g/mol. The highest BCUT2D eigenvalue weighted by Gasteiger charge is 2.35. The Kier molecular flexibility index (Phi) is 9.18. The van der Waals surface area contributed by atoms with Crippen LogP contribution in [0.5, 0.6) is 0 Å². The number of carbonyl (C=O) groups is 1. The fourth-order valence-electron chi connectivity index (χ4n) is 4.47. The Morgan fingerprint density at radius 3 is 2.72 bits per heavy atom. The number of aromatic nitrogens is 1. The normalized spacial score (nSPS) is 15.8. The summed E-state index contributed by atoms with van der Waals surface area (Å²) in [5.74, 6) is 0.968. The van der Waals surface area contributed by atoms with E-state index in [4.69, 9.17) is 4.74 Å². The lowest BCUT2D eigenvalue weighted by Crippen LogP contribution is -2.47. The minimum absolute atomic E-state index is 0.0801. The molecule has 32 heavy (non-hydrogen) atoms. The van der Waals surface area contributed by atoms with Crippen molar-refractivity contribution in [2.45, 2.75) is 91.4 Å². The van der Waals surface area contributed by atoms with Crippen LogP contribution in [0, 0.1) is 12.8 Å². The molecule has 1 unspecified atom stereocenters. The van der Waals surface area contributed by atoms with Gasteiger partial charge in [-0.1, -0.05) is 39.3 Å². The molecule has 1 amide bonds. The van der Waals surface area contributed by atoms with Crippen molar-refractivity contribution in [1.82, 2.24) is 14.8 Å². The molecule has 178 valence electrons. The van der Waals surface area contributed by atoms with Crippen molar-refractivity contribution < 1.29 is 9.53 Å². The molecule has 5 heteroatoms. The number of nitrogens with zero attached hydrogens (tertiary/aromatic N) is 2. The zero-order valence-corrected chi connectivity index (χ0v) is 20.8. The molecule has 0 spiro atoms. The number of nitrogens with one attached hydrogen (secondary N) is 1. The smallest absolute Gasteiger partial charge is 0.240 e. The maximum Gasteiger partial charge on any atom is 0.240 e. The van der Waals surface area contributed by atoms with Crippen LogP contribution in [0.15, 0.2) is 24.4 Å². The number of fused-ring (bicyclic) bond motifs is 1. The molecular formula is C27H43N3O2. The zero-order chi connectivity index (χ0) is 23.1. The number of amides is 1. The van der Waals surface area contributed by atoms with Crippen LogP contribution in [0.2, 0.25) is 0 Å². The first-order valence-corrected chi connectivity index (χ1v) is 12.6. The maximum absolute atomic E-state index is 13.5. The molecule has 1 saturated carbocycles. The van der Waals surface area contributed by atoms with Gasteiger partial charge in [-0.3, -0.25) is 4.79 Å². The predicted octanol–water partition coefficient (Wildman–Crippen LogP) is 5.28. The lowest BCUT2D eigenvalue weighted by molar-refractivity contribution is -0.134. The number of hydrogen-bond donors (Lipinski definition) is 1. The number of carbonyl (C=O) groups excluding carboxylic acids is 1. The Morgan fingerprint density at radius 1 is 1.28 bits per heavy atom. The molecule has 0 aliphatic heterocycles. The molecule has 1 aliphatic rings. The molecule has 0 radical (unpaired) electrons. The zero-order valence-electron chi connectivity index (χ0n) is 20.8. The van der Waals surface area contributed by atoms with Crippen molar-refractivity contribution in [3.05, 3.63) is 35.5 Å². The van der Waals surface area contributed by atoms with Gasteiger partial charge in [-0.05, 0) is 68.7 Å². The third-order valence-electron chi connectivity index (χ3n) is 6.95. The average molecular weight is 442 g/mol. The second-order valence-electron chi connectivity index (χ2n) is 9.62. The second-order valence-corrected chi connectivity index (χ2v) is 9.62. The molecule has 2 atom stereocenters. The van der Waals surface area contributed by atoms with Crippen molar-refractivity contribution in [1.29, 1.82) is 0 Å². The van der Waals surface area contributed by atoms with Gasteiger partial charge in [0.25, 0.3) is 0 Å². The van der Waals surface area contributed by atoms with E-state index in [1.807, 2.05) is 0 Å². The predicted molar refractivity (Wildman–Crippen MR) is 133 cm³/mol. The summed E-state index contributed by atoms with van der Waals surface area (Å²) in [7, 11) is 1.75. The Morgan fingerprint density at radius 2 is 2.06 bits per heavy atom. The summed E-state index contributed by atoms with van der Waals surface area (Å²) in [5, 5.41) is 4.85. The van der Waals surface area contributed by atoms with Gasteiger partial charge in [-0.25, -0.2) is 0 Å². The van der Waals surface area contributed by atoms with Crippen LogP contribution in [-0.2, 0) is 22.6 Å². The Hall–Kier alpha value is -1.85. The highest BCUT2D eigenvalue weighted by atomic mass is 16.5. The van der Waals surface area contributed by atoms with E-state index < -0.39 is 0 Å². The molecule has 2 aromatic rings. The molecule has 1 aromatic heterocycles. The Bertz CT molecular complexity index is 871. The minimum Gasteiger partial charge on any atom is -0.385 e. The fourth-order valence-corrected chi connectivity index (χ4v) is 4.47. The number of ether oxygens (including phenoxy) is 1. The van der Waals surface area contributed by atoms with E-state index >= 15 is 0 Å². The molecule has 1 heterocycles. The van der Waals surface area contributed by atoms with E-state index in [0.717, 1.165) is 51.8 Å². The van der Waals surface area contributed by atoms with Crippen LogP contribution < -0.4 is 5.32 Å². The summed E-state index contributed by atoms with van der Waals surface area (Å²) >= 11 is 0. The van der Waals surface area contributed by atoms with Crippen molar-refractivity contribution in [3.63, 3.8) is 0 Å². The van der Waals surface area contributed by atoms with Crippen molar-refractivity contribution >= 4 is 16.8 Å². The van der Waals surface area contributed by atoms with Gasteiger partial charge >= 0.3 is 0 Å². The largest absolute Gasteiger partial charge is 0.385 e. The third-order valence-corrected chi connectivity index (χ3v) is 6.95. The van der Waals surface area contributed by atoms with E-state index in [1.165, 1.54) is 28.5 Å². The molecule has 1 N–H and O–H groups in total. The standard InChI is InChI=1S/C27H43N3O2/c1-6-20(3)13-14-28-25(7-2)27(31)30(23-10-11-23)19-22-9-12-24-21(4)18-29(26(24)17-22)15-8-16-32-5/h9,12,17-18,20,23,25,28H,6-8,10-11,13-16,19H2,1-5H3/t20?,25-/m1/s1. The van der Waals surface area contributed by atoms with E-state index in [1.54, 1.807) is 7.11 Å². The molecule has 1 fully saturated rings. The summed E-state index contributed by atoms with van der Waals surface area (Å²) in [6, 6.07) is 7.04. The lowest BCUT2D eigenvalue weighted by atomic mass is 10.0. The van der Waals surface area contributed by atoms with Gasteiger partial charge < -0.3 is 19.5 Å². The van der Waals surface area contributed by atoms with Gasteiger partial charge in [0.15, 0.2) is 0 Å². The van der Waals surface area contributed by atoms with Gasteiger partial charge in [-0.2, -0.15) is 0 Å². The summed E-state index contributed by atoms with van der Waals surface area (Å²) < 4.78 is 7.57. The van der Waals surface area contributed by atoms with Crippen LogP contribution in [0.1, 0.15) is 70.4 Å². The van der Waals surface area contributed by atoms with E-state index in [2.05, 4.69) is 66.9 Å². The summed E-state index contributed by atoms with van der Waals surface area (Å²) in [4.78, 5) is 15.6. The van der Waals surface area contributed by atoms with Gasteiger partial charge in [0, 0.05) is 49.9 Å². The maximum atomic E-state index is 13.5. The van der Waals surface area contributed by atoms with Crippen LogP contribution >= 0.6 is 0 Å². The van der Waals surface area contributed by atoms with Crippen molar-refractivity contribution in [2.75, 3.05) is 20.3 Å². The van der Waals surface area contributed by atoms with Gasteiger partial charge in [0.2, 0.25) is 5.91 Å². The Balaban J connectivity index is 1.72. The molecule has 5 nitrogen and oxygen atoms in total. The van der Waals surface area contributed by atoms with Crippen LogP contribution in [0.3, 0.4) is 0 Å². The van der Waals surface area contributed by atoms with Gasteiger partial charge in [0.1, 0.15) is 0 Å². The molecular weight excluding hydrogens is 398 g/mol. The number of benzene rings is 1. The fraction of sp³-hybridized carbons (Fsp3) is 0.667. The van der Waals surface area contributed by atoms with Crippen molar-refractivity contribution in [2.24, 2.45) is 5.92 Å². The first-order valence-electron chi connectivity index (χ1n) is 12.6. The van der Waals surface area contributed by atoms with E-state index in [-0.39, 0.29) is 11.9 Å². The first kappa shape index (κ1) is 24.8. The summed E-state index contributed by atoms with van der Waals surface area (Å²) in [6.45, 7) is 12.1. The topological polar surface area (TPSA) is 46.5 Å². The van der Waals surface area contributed by atoms with E-state index in [9.17, 15) is 4.79 Å². The number of hydrogen-bond acceptors (Lipinski definition) is 3. The molecule has 0 bridgehead atoms. The highest BCUT2D eigenvalue weighted by Crippen LogP contribution is 2.30. The summed E-state index contributed by atoms with van der Waals surface area (Å²) in [6.07, 6.45) is 8.64. The summed E-state index contributed by atoms with van der Waals surface area (Å²) in [5.41, 5.74) is 3.78.